The molecule has 2 fully saturated rings. The number of carbonyl (C=O) groups is 2. The number of carbonyl (C=O) groups excluding carboxylic acids is 1. The Bertz CT molecular complexity index is 407. The Morgan fingerprint density at radius 1 is 1.35 bits per heavy atom. The Morgan fingerprint density at radius 3 is 2.55 bits per heavy atom. The number of alkyl halides is 3. The molecule has 2 saturated heterocycles. The smallest absolute Gasteiger partial charge is 0.404 e. The van der Waals surface area contributed by atoms with Crippen LogP contribution in [-0.4, -0.2) is 55.5 Å². The van der Waals surface area contributed by atoms with Crippen LogP contribution in [0.4, 0.5) is 13.2 Å². The largest absolute Gasteiger partial charge is 0.481 e. The predicted octanol–water partition coefficient (Wildman–Crippen LogP) is -0.256. The van der Waals surface area contributed by atoms with Gasteiger partial charge in [0.25, 0.3) is 0 Å². The number of carboxylic acids is 1. The lowest BCUT2D eigenvalue weighted by Crippen LogP contribution is -2.56. The SMILES string of the molecule is O=C(O)C1COCC1NC(=O)C1(C(F)(F)F)CCNC1. The molecular formula is C11H15F3N2O4. The van der Waals surface area contributed by atoms with Gasteiger partial charge in [0.2, 0.25) is 5.91 Å². The molecule has 114 valence electrons. The van der Waals surface area contributed by atoms with Crippen molar-refractivity contribution in [3.8, 4) is 0 Å². The van der Waals surface area contributed by atoms with Crippen molar-refractivity contribution >= 4 is 11.9 Å². The zero-order valence-electron chi connectivity index (χ0n) is 10.5. The van der Waals surface area contributed by atoms with Gasteiger partial charge in [0.05, 0.1) is 19.3 Å². The fourth-order valence-electron chi connectivity index (χ4n) is 2.50. The van der Waals surface area contributed by atoms with Crippen molar-refractivity contribution in [2.75, 3.05) is 26.3 Å². The number of nitrogens with one attached hydrogen (secondary N) is 2. The minimum atomic E-state index is -4.68. The highest BCUT2D eigenvalue weighted by molar-refractivity contribution is 5.85. The third kappa shape index (κ3) is 2.47. The van der Waals surface area contributed by atoms with Crippen molar-refractivity contribution in [2.45, 2.75) is 18.6 Å². The van der Waals surface area contributed by atoms with Crippen LogP contribution in [0.3, 0.4) is 0 Å². The summed E-state index contributed by atoms with van der Waals surface area (Å²) in [6.45, 7) is -0.605. The summed E-state index contributed by atoms with van der Waals surface area (Å²) in [6, 6.07) is -0.931. The molecule has 0 aromatic rings. The maximum atomic E-state index is 13.1. The van der Waals surface area contributed by atoms with Gasteiger partial charge in [0.15, 0.2) is 5.41 Å². The van der Waals surface area contributed by atoms with E-state index in [-0.39, 0.29) is 26.2 Å². The number of ether oxygens (including phenoxy) is 1. The quantitative estimate of drug-likeness (QED) is 0.668. The minimum absolute atomic E-state index is 0.0932. The lowest BCUT2D eigenvalue weighted by atomic mass is 9.84. The molecule has 0 saturated carbocycles. The molecule has 3 atom stereocenters. The number of carboxylic acid groups (broad SMARTS) is 1. The van der Waals surface area contributed by atoms with Crippen molar-refractivity contribution in [1.29, 1.82) is 0 Å². The zero-order chi connectivity index (χ0) is 15.0. The normalized spacial score (nSPS) is 34.1. The average Bonchev–Trinajstić information content (AvgIpc) is 2.96. The third-order valence-corrected chi connectivity index (χ3v) is 3.85. The number of hydrogen-bond acceptors (Lipinski definition) is 4. The first-order chi connectivity index (χ1) is 9.28. The minimum Gasteiger partial charge on any atom is -0.481 e. The van der Waals surface area contributed by atoms with E-state index in [1.165, 1.54) is 0 Å². The molecule has 9 heteroatoms. The monoisotopic (exact) mass is 296 g/mol. The van der Waals surface area contributed by atoms with E-state index in [4.69, 9.17) is 9.84 Å². The Kier molecular flexibility index (Phi) is 3.92. The van der Waals surface area contributed by atoms with Gasteiger partial charge in [0.1, 0.15) is 5.92 Å². The number of halogens is 3. The van der Waals surface area contributed by atoms with Gasteiger partial charge < -0.3 is 20.5 Å². The van der Waals surface area contributed by atoms with Crippen LogP contribution in [0.15, 0.2) is 0 Å². The Morgan fingerprint density at radius 2 is 2.05 bits per heavy atom. The van der Waals surface area contributed by atoms with Gasteiger partial charge in [-0.05, 0) is 13.0 Å². The highest BCUT2D eigenvalue weighted by atomic mass is 19.4. The van der Waals surface area contributed by atoms with Crippen LogP contribution < -0.4 is 10.6 Å². The first kappa shape index (κ1) is 15.0. The molecule has 3 unspecified atom stereocenters. The molecule has 1 amide bonds. The summed E-state index contributed by atoms with van der Waals surface area (Å²) < 4.78 is 44.4. The first-order valence-electron chi connectivity index (χ1n) is 6.17. The summed E-state index contributed by atoms with van der Waals surface area (Å²) in [7, 11) is 0. The van der Waals surface area contributed by atoms with Gasteiger partial charge in [-0.3, -0.25) is 9.59 Å². The molecule has 0 aromatic heterocycles. The Labute approximate surface area is 112 Å². The van der Waals surface area contributed by atoms with Gasteiger partial charge >= 0.3 is 12.1 Å². The summed E-state index contributed by atoms with van der Waals surface area (Å²) in [5.41, 5.74) is -2.49. The second-order valence-electron chi connectivity index (χ2n) is 5.07. The Hall–Kier alpha value is -1.35. The summed E-state index contributed by atoms with van der Waals surface area (Å²) >= 11 is 0. The molecule has 2 aliphatic rings. The van der Waals surface area contributed by atoms with E-state index in [0.717, 1.165) is 0 Å². The van der Waals surface area contributed by atoms with Crippen molar-refractivity contribution in [3.05, 3.63) is 0 Å². The van der Waals surface area contributed by atoms with Crippen molar-refractivity contribution < 1.29 is 32.6 Å². The molecule has 2 rings (SSSR count). The van der Waals surface area contributed by atoms with Crippen molar-refractivity contribution in [2.24, 2.45) is 11.3 Å². The van der Waals surface area contributed by atoms with Gasteiger partial charge in [-0.1, -0.05) is 0 Å². The van der Waals surface area contributed by atoms with E-state index in [2.05, 4.69) is 10.6 Å². The van der Waals surface area contributed by atoms with Gasteiger partial charge in [-0.2, -0.15) is 13.2 Å². The lowest BCUT2D eigenvalue weighted by Gasteiger charge is -2.31. The number of amides is 1. The van der Waals surface area contributed by atoms with Crippen LogP contribution in [0.25, 0.3) is 0 Å². The van der Waals surface area contributed by atoms with E-state index in [9.17, 15) is 22.8 Å². The molecule has 2 heterocycles. The van der Waals surface area contributed by atoms with Gasteiger partial charge in [0, 0.05) is 6.54 Å². The van der Waals surface area contributed by atoms with E-state index < -0.39 is 42.0 Å². The maximum absolute atomic E-state index is 13.1. The van der Waals surface area contributed by atoms with E-state index in [0.29, 0.717) is 0 Å². The van der Waals surface area contributed by atoms with Crippen LogP contribution in [0, 0.1) is 11.3 Å². The average molecular weight is 296 g/mol. The molecule has 6 nitrogen and oxygen atoms in total. The molecule has 0 radical (unpaired) electrons. The highest BCUT2D eigenvalue weighted by Crippen LogP contribution is 2.43. The molecule has 0 bridgehead atoms. The summed E-state index contributed by atoms with van der Waals surface area (Å²) in [4.78, 5) is 22.9. The van der Waals surface area contributed by atoms with Crippen molar-refractivity contribution in [1.82, 2.24) is 10.6 Å². The van der Waals surface area contributed by atoms with Crippen molar-refractivity contribution in [3.63, 3.8) is 0 Å². The molecule has 0 aliphatic carbocycles. The van der Waals surface area contributed by atoms with Gasteiger partial charge in [-0.25, -0.2) is 0 Å². The highest BCUT2D eigenvalue weighted by Gasteiger charge is 2.61. The molecule has 20 heavy (non-hydrogen) atoms. The van der Waals surface area contributed by atoms with E-state index in [1.54, 1.807) is 0 Å². The molecule has 0 spiro atoms. The second-order valence-corrected chi connectivity index (χ2v) is 5.07. The molecular weight excluding hydrogens is 281 g/mol. The fraction of sp³-hybridized carbons (Fsp3) is 0.818. The Balaban J connectivity index is 2.12. The van der Waals surface area contributed by atoms with E-state index in [1.807, 2.05) is 0 Å². The van der Waals surface area contributed by atoms with Crippen LogP contribution >= 0.6 is 0 Å². The molecule has 3 N–H and O–H groups in total. The topological polar surface area (TPSA) is 87.7 Å². The zero-order valence-corrected chi connectivity index (χ0v) is 10.5. The van der Waals surface area contributed by atoms with Crippen LogP contribution in [0.2, 0.25) is 0 Å². The van der Waals surface area contributed by atoms with Crippen LogP contribution in [-0.2, 0) is 14.3 Å². The summed E-state index contributed by atoms with van der Waals surface area (Å²) in [6.07, 6.45) is -5.04. The standard InChI is InChI=1S/C11H15F3N2O4/c12-11(13,14)10(1-2-15-5-10)9(19)16-7-4-20-3-6(7)8(17)18/h6-7,15H,1-5H2,(H,16,19)(H,17,18). The molecule has 2 aliphatic heterocycles. The maximum Gasteiger partial charge on any atom is 0.404 e. The number of aliphatic carboxylic acids is 1. The first-order valence-corrected chi connectivity index (χ1v) is 6.17. The number of hydrogen-bond donors (Lipinski definition) is 3. The lowest BCUT2D eigenvalue weighted by molar-refractivity contribution is -0.216. The fourth-order valence-corrected chi connectivity index (χ4v) is 2.50. The second kappa shape index (κ2) is 5.21. The molecule has 0 aromatic carbocycles. The van der Waals surface area contributed by atoms with Crippen LogP contribution in [0.5, 0.6) is 0 Å². The van der Waals surface area contributed by atoms with Crippen LogP contribution in [0.1, 0.15) is 6.42 Å². The van der Waals surface area contributed by atoms with Gasteiger partial charge in [-0.15, -0.1) is 0 Å². The summed E-state index contributed by atoms with van der Waals surface area (Å²) in [5, 5.41) is 13.6. The predicted molar refractivity (Wildman–Crippen MR) is 59.9 cm³/mol. The number of rotatable bonds is 3. The third-order valence-electron chi connectivity index (χ3n) is 3.85. The summed E-state index contributed by atoms with van der Waals surface area (Å²) in [5.74, 6) is -3.39. The van der Waals surface area contributed by atoms with E-state index >= 15 is 0 Å².